The van der Waals surface area contributed by atoms with Crippen molar-refractivity contribution in [1.82, 2.24) is 5.32 Å². The average Bonchev–Trinajstić information content (AvgIpc) is 2.45. The third-order valence-corrected chi connectivity index (χ3v) is 5.93. The van der Waals surface area contributed by atoms with Crippen molar-refractivity contribution in [2.45, 2.75) is 65.3 Å². The van der Waals surface area contributed by atoms with E-state index in [0.29, 0.717) is 17.4 Å². The summed E-state index contributed by atoms with van der Waals surface area (Å²) in [5, 5.41) is 3.71. The SMILES string of the molecule is CCCNC1CC(C(C)(C)c2ccc(F)cc2)C1(C)CC. The van der Waals surface area contributed by atoms with Crippen molar-refractivity contribution < 1.29 is 4.39 Å². The molecule has 3 atom stereocenters. The second-order valence-corrected chi connectivity index (χ2v) is 7.38. The van der Waals surface area contributed by atoms with Crippen LogP contribution in [0, 0.1) is 17.2 Å². The monoisotopic (exact) mass is 291 g/mol. The number of nitrogens with one attached hydrogen (secondary N) is 1. The van der Waals surface area contributed by atoms with Gasteiger partial charge in [-0.2, -0.15) is 0 Å². The van der Waals surface area contributed by atoms with Gasteiger partial charge in [0, 0.05) is 6.04 Å². The summed E-state index contributed by atoms with van der Waals surface area (Å²) in [4.78, 5) is 0. The van der Waals surface area contributed by atoms with Crippen molar-refractivity contribution in [1.29, 1.82) is 0 Å². The van der Waals surface area contributed by atoms with Crippen LogP contribution in [0.25, 0.3) is 0 Å². The van der Waals surface area contributed by atoms with E-state index in [1.165, 1.54) is 24.8 Å². The molecule has 0 heterocycles. The van der Waals surface area contributed by atoms with Crippen molar-refractivity contribution in [3.05, 3.63) is 35.6 Å². The molecule has 21 heavy (non-hydrogen) atoms. The minimum absolute atomic E-state index is 0.0862. The minimum atomic E-state index is -0.149. The van der Waals surface area contributed by atoms with Crippen molar-refractivity contribution in [2.24, 2.45) is 11.3 Å². The first-order chi connectivity index (χ1) is 9.86. The van der Waals surface area contributed by atoms with E-state index in [0.717, 1.165) is 6.54 Å². The van der Waals surface area contributed by atoms with E-state index in [1.807, 2.05) is 12.1 Å². The molecular weight excluding hydrogens is 261 g/mol. The van der Waals surface area contributed by atoms with E-state index in [4.69, 9.17) is 0 Å². The van der Waals surface area contributed by atoms with E-state index >= 15 is 0 Å². The van der Waals surface area contributed by atoms with Gasteiger partial charge in [0.2, 0.25) is 0 Å². The Bertz CT molecular complexity index is 465. The van der Waals surface area contributed by atoms with Crippen molar-refractivity contribution >= 4 is 0 Å². The van der Waals surface area contributed by atoms with Crippen molar-refractivity contribution in [3.8, 4) is 0 Å². The predicted octanol–water partition coefficient (Wildman–Crippen LogP) is 4.91. The first kappa shape index (κ1) is 16.5. The fourth-order valence-electron chi connectivity index (χ4n) is 4.18. The highest BCUT2D eigenvalue weighted by Crippen LogP contribution is 2.57. The molecule has 0 spiro atoms. The van der Waals surface area contributed by atoms with E-state index in [-0.39, 0.29) is 11.2 Å². The summed E-state index contributed by atoms with van der Waals surface area (Å²) >= 11 is 0. The van der Waals surface area contributed by atoms with Crippen molar-refractivity contribution in [3.63, 3.8) is 0 Å². The molecule has 2 heteroatoms. The van der Waals surface area contributed by atoms with Crippen LogP contribution < -0.4 is 5.32 Å². The summed E-state index contributed by atoms with van der Waals surface area (Å²) in [6.45, 7) is 12.7. The Balaban J connectivity index is 2.19. The maximum atomic E-state index is 13.2. The highest BCUT2D eigenvalue weighted by molar-refractivity contribution is 5.28. The van der Waals surface area contributed by atoms with Gasteiger partial charge in [0.1, 0.15) is 5.82 Å². The van der Waals surface area contributed by atoms with Gasteiger partial charge in [-0.25, -0.2) is 4.39 Å². The Morgan fingerprint density at radius 2 is 1.86 bits per heavy atom. The number of rotatable bonds is 6. The first-order valence-corrected chi connectivity index (χ1v) is 8.35. The second kappa shape index (κ2) is 6.08. The van der Waals surface area contributed by atoms with Gasteiger partial charge in [0.25, 0.3) is 0 Å². The molecule has 1 aromatic rings. The van der Waals surface area contributed by atoms with Crippen LogP contribution in [0.2, 0.25) is 0 Å². The third kappa shape index (κ3) is 2.88. The number of benzene rings is 1. The molecule has 0 amide bonds. The molecule has 0 saturated heterocycles. The van der Waals surface area contributed by atoms with Gasteiger partial charge in [-0.05, 0) is 60.3 Å². The maximum Gasteiger partial charge on any atom is 0.123 e. The zero-order chi connectivity index (χ0) is 15.7. The molecule has 1 aromatic carbocycles. The summed E-state index contributed by atoms with van der Waals surface area (Å²) in [6.07, 6.45) is 3.58. The summed E-state index contributed by atoms with van der Waals surface area (Å²) < 4.78 is 13.2. The van der Waals surface area contributed by atoms with Crippen LogP contribution in [0.15, 0.2) is 24.3 Å². The largest absolute Gasteiger partial charge is 0.313 e. The number of hydrogen-bond acceptors (Lipinski definition) is 1. The van der Waals surface area contributed by atoms with Crippen LogP contribution in [0.5, 0.6) is 0 Å². The fourth-order valence-corrected chi connectivity index (χ4v) is 4.18. The first-order valence-electron chi connectivity index (χ1n) is 8.35. The lowest BCUT2D eigenvalue weighted by Crippen LogP contribution is -2.63. The minimum Gasteiger partial charge on any atom is -0.313 e. The predicted molar refractivity (Wildman–Crippen MR) is 88.0 cm³/mol. The molecule has 1 N–H and O–H groups in total. The lowest BCUT2D eigenvalue weighted by molar-refractivity contribution is -0.0503. The Morgan fingerprint density at radius 1 is 1.24 bits per heavy atom. The van der Waals surface area contributed by atoms with Crippen LogP contribution in [0.4, 0.5) is 4.39 Å². The Morgan fingerprint density at radius 3 is 2.38 bits per heavy atom. The van der Waals surface area contributed by atoms with E-state index in [1.54, 1.807) is 12.1 Å². The van der Waals surface area contributed by atoms with Crippen LogP contribution >= 0.6 is 0 Å². The van der Waals surface area contributed by atoms with Gasteiger partial charge >= 0.3 is 0 Å². The molecular formula is C19H30FN. The summed E-state index contributed by atoms with van der Waals surface area (Å²) in [5.74, 6) is 0.485. The lowest BCUT2D eigenvalue weighted by atomic mass is 9.47. The van der Waals surface area contributed by atoms with Crippen LogP contribution in [0.3, 0.4) is 0 Å². The van der Waals surface area contributed by atoms with Crippen LogP contribution in [-0.2, 0) is 5.41 Å². The van der Waals surface area contributed by atoms with Gasteiger partial charge in [0.15, 0.2) is 0 Å². The van der Waals surface area contributed by atoms with Crippen LogP contribution in [0.1, 0.15) is 59.4 Å². The molecule has 1 nitrogen and oxygen atoms in total. The molecule has 0 radical (unpaired) electrons. The Hall–Kier alpha value is -0.890. The van der Waals surface area contributed by atoms with Gasteiger partial charge in [-0.1, -0.05) is 46.8 Å². The third-order valence-electron chi connectivity index (χ3n) is 5.93. The molecule has 2 rings (SSSR count). The highest BCUT2D eigenvalue weighted by Gasteiger charge is 2.55. The fraction of sp³-hybridized carbons (Fsp3) is 0.684. The number of halogens is 1. The van der Waals surface area contributed by atoms with E-state index < -0.39 is 0 Å². The molecule has 0 aliphatic heterocycles. The quantitative estimate of drug-likeness (QED) is 0.785. The lowest BCUT2D eigenvalue weighted by Gasteiger charge is -2.60. The maximum absolute atomic E-state index is 13.2. The Kier molecular flexibility index (Phi) is 4.77. The van der Waals surface area contributed by atoms with E-state index in [2.05, 4.69) is 39.9 Å². The summed E-state index contributed by atoms with van der Waals surface area (Å²) in [7, 11) is 0. The van der Waals surface area contributed by atoms with Gasteiger partial charge in [-0.15, -0.1) is 0 Å². The zero-order valence-corrected chi connectivity index (χ0v) is 14.2. The molecule has 1 fully saturated rings. The molecule has 0 aromatic heterocycles. The summed E-state index contributed by atoms with van der Waals surface area (Å²) in [6, 6.07) is 7.71. The smallest absolute Gasteiger partial charge is 0.123 e. The molecule has 1 aliphatic rings. The van der Waals surface area contributed by atoms with Gasteiger partial charge in [-0.3, -0.25) is 0 Å². The highest BCUT2D eigenvalue weighted by atomic mass is 19.1. The molecule has 3 unspecified atom stereocenters. The Labute approximate surface area is 129 Å². The average molecular weight is 291 g/mol. The van der Waals surface area contributed by atoms with Gasteiger partial charge in [0.05, 0.1) is 0 Å². The molecule has 0 bridgehead atoms. The van der Waals surface area contributed by atoms with E-state index in [9.17, 15) is 4.39 Å². The second-order valence-electron chi connectivity index (χ2n) is 7.38. The molecule has 1 aliphatic carbocycles. The van der Waals surface area contributed by atoms with Crippen LogP contribution in [-0.4, -0.2) is 12.6 Å². The molecule has 1 saturated carbocycles. The topological polar surface area (TPSA) is 12.0 Å². The zero-order valence-electron chi connectivity index (χ0n) is 14.2. The number of hydrogen-bond donors (Lipinski definition) is 1. The normalized spacial score (nSPS) is 29.2. The van der Waals surface area contributed by atoms with Gasteiger partial charge < -0.3 is 5.32 Å². The standard InChI is InChI=1S/C19H30FN/c1-6-12-21-17-13-16(19(17,5)7-2)18(3,4)14-8-10-15(20)11-9-14/h8-11,16-17,21H,6-7,12-13H2,1-5H3. The summed E-state index contributed by atoms with van der Waals surface area (Å²) in [5.41, 5.74) is 1.66. The van der Waals surface area contributed by atoms with Crippen molar-refractivity contribution in [2.75, 3.05) is 6.54 Å². The molecule has 118 valence electrons.